The average Bonchev–Trinajstić information content (AvgIpc) is 3.98. The van der Waals surface area contributed by atoms with Crippen LogP contribution >= 0.6 is 11.6 Å². The number of pyridine rings is 3. The minimum absolute atomic E-state index is 0.00692. The van der Waals surface area contributed by atoms with Crippen LogP contribution in [0.5, 0.6) is 11.6 Å². The number of nitrogens with zero attached hydrogens (tertiary/aromatic N) is 8. The van der Waals surface area contributed by atoms with Crippen molar-refractivity contribution in [1.29, 1.82) is 5.26 Å². The quantitative estimate of drug-likeness (QED) is 0.103. The third-order valence-electron chi connectivity index (χ3n) is 9.40. The van der Waals surface area contributed by atoms with E-state index in [-0.39, 0.29) is 54.3 Å². The molecule has 0 unspecified atom stereocenters. The van der Waals surface area contributed by atoms with Crippen LogP contribution in [0.15, 0.2) is 100 Å². The zero-order valence-electron chi connectivity index (χ0n) is 34.2. The minimum Gasteiger partial charge on any atom is -0.483 e. The molecule has 0 atom stereocenters. The van der Waals surface area contributed by atoms with Crippen LogP contribution in [0.1, 0.15) is 43.6 Å². The normalized spacial score (nSPS) is 11.3. The van der Waals surface area contributed by atoms with Gasteiger partial charge in [-0.2, -0.15) is 28.4 Å². The molecule has 5 heterocycles. The van der Waals surface area contributed by atoms with Gasteiger partial charge in [0.15, 0.2) is 6.61 Å². The zero-order valence-corrected chi connectivity index (χ0v) is 35.0. The van der Waals surface area contributed by atoms with Gasteiger partial charge in [0.1, 0.15) is 16.8 Å². The SMILES string of the molecule is CC(C)Oc1ncc(-c2nc(-c3cccc4c(CCC(=O)O)nccc34)no2)cc1Cl.N#Cc1cc(-c2nc(-c3cccc4c(CCC(=O)O)nccc34)no2)ccc1OCC(F)(F)F. The lowest BCUT2D eigenvalue weighted by molar-refractivity contribution is -0.153. The Morgan fingerprint density at radius 2 is 1.32 bits per heavy atom. The summed E-state index contributed by atoms with van der Waals surface area (Å²) in [4.78, 5) is 43.6. The number of aromatic nitrogens is 7. The highest BCUT2D eigenvalue weighted by Crippen LogP contribution is 2.34. The number of fused-ring (bicyclic) bond motifs is 2. The van der Waals surface area contributed by atoms with Gasteiger partial charge in [-0.3, -0.25) is 19.6 Å². The van der Waals surface area contributed by atoms with Crippen molar-refractivity contribution >= 4 is 45.1 Å². The largest absolute Gasteiger partial charge is 0.483 e. The van der Waals surface area contributed by atoms with E-state index in [2.05, 4.69) is 35.2 Å². The summed E-state index contributed by atoms with van der Waals surface area (Å²) in [6.07, 6.45) is 0.748. The molecule has 0 aliphatic carbocycles. The number of hydrogen-bond donors (Lipinski definition) is 2. The molecule has 5 aromatic heterocycles. The van der Waals surface area contributed by atoms with E-state index in [1.54, 1.807) is 48.9 Å². The Bertz CT molecular complexity index is 3080. The maximum Gasteiger partial charge on any atom is 0.422 e. The predicted molar refractivity (Wildman–Crippen MR) is 228 cm³/mol. The Labute approximate surface area is 371 Å². The number of aryl methyl sites for hydroxylation is 2. The van der Waals surface area contributed by atoms with Crippen LogP contribution in [-0.4, -0.2) is 76.3 Å². The average molecular weight is 907 g/mol. The van der Waals surface area contributed by atoms with Gasteiger partial charge in [0, 0.05) is 70.3 Å². The number of hydrogen-bond acceptors (Lipinski definition) is 14. The molecule has 20 heteroatoms. The molecule has 8 rings (SSSR count). The van der Waals surface area contributed by atoms with E-state index in [9.17, 15) is 28.0 Å². The summed E-state index contributed by atoms with van der Waals surface area (Å²) in [5.74, 6) is -0.682. The van der Waals surface area contributed by atoms with Crippen LogP contribution < -0.4 is 9.47 Å². The summed E-state index contributed by atoms with van der Waals surface area (Å²) in [5.41, 5.74) is 3.51. The minimum atomic E-state index is -4.53. The van der Waals surface area contributed by atoms with Crippen LogP contribution in [-0.2, 0) is 22.4 Å². The monoisotopic (exact) mass is 906 g/mol. The van der Waals surface area contributed by atoms with Crippen molar-refractivity contribution in [1.82, 2.24) is 35.2 Å². The van der Waals surface area contributed by atoms with Crippen molar-refractivity contribution in [3.63, 3.8) is 0 Å². The van der Waals surface area contributed by atoms with Crippen molar-refractivity contribution in [2.24, 2.45) is 0 Å². The van der Waals surface area contributed by atoms with Crippen LogP contribution in [0.2, 0.25) is 5.02 Å². The predicted octanol–water partition coefficient (Wildman–Crippen LogP) is 9.59. The van der Waals surface area contributed by atoms with Gasteiger partial charge >= 0.3 is 18.1 Å². The van der Waals surface area contributed by atoms with Gasteiger partial charge < -0.3 is 28.7 Å². The molecule has 330 valence electrons. The zero-order chi connectivity index (χ0) is 46.3. The standard InChI is InChI=1S/C23H15F3N4O4.C22H19ClN4O4/c24-23(25,26)12-33-19-6-4-13(10-14(19)11-27)22-29-21(30-34-22)17-3-1-2-16-15(17)8-9-28-18(16)5-7-20(31)32;1-12(2)30-22-17(23)10-13(11-25-22)21-26-20(27-31-21)16-5-3-4-15-14(16)8-9-24-18(15)6-7-19(28)29/h1-4,6,8-10H,5,7,12H2,(H,31,32);3-5,8-12H,6-7H2,1-2H3,(H,28,29). The maximum absolute atomic E-state index is 12.4. The highest BCUT2D eigenvalue weighted by Gasteiger charge is 2.29. The first-order valence-electron chi connectivity index (χ1n) is 19.6. The maximum atomic E-state index is 12.4. The van der Waals surface area contributed by atoms with Gasteiger partial charge in [0.25, 0.3) is 11.8 Å². The molecule has 16 nitrogen and oxygen atoms in total. The lowest BCUT2D eigenvalue weighted by Crippen LogP contribution is -2.19. The fourth-order valence-corrected chi connectivity index (χ4v) is 6.77. The Balaban J connectivity index is 0.000000195. The van der Waals surface area contributed by atoms with E-state index in [4.69, 9.17) is 40.3 Å². The summed E-state index contributed by atoms with van der Waals surface area (Å²) < 4.78 is 58.3. The van der Waals surface area contributed by atoms with Gasteiger partial charge in [0.05, 0.1) is 30.1 Å². The van der Waals surface area contributed by atoms with Crippen LogP contribution in [0, 0.1) is 11.3 Å². The van der Waals surface area contributed by atoms with Crippen LogP contribution in [0.25, 0.3) is 67.2 Å². The number of rotatable bonds is 14. The lowest BCUT2D eigenvalue weighted by Gasteiger charge is -2.10. The van der Waals surface area contributed by atoms with Crippen molar-refractivity contribution in [2.75, 3.05) is 6.61 Å². The molecule has 0 spiro atoms. The van der Waals surface area contributed by atoms with Gasteiger partial charge in [0.2, 0.25) is 17.5 Å². The van der Waals surface area contributed by atoms with E-state index in [1.807, 2.05) is 44.2 Å². The molecule has 0 saturated heterocycles. The summed E-state index contributed by atoms with van der Waals surface area (Å²) in [5, 5.41) is 39.0. The van der Waals surface area contributed by atoms with E-state index >= 15 is 0 Å². The van der Waals surface area contributed by atoms with E-state index in [1.165, 1.54) is 18.2 Å². The van der Waals surface area contributed by atoms with E-state index < -0.39 is 24.7 Å². The van der Waals surface area contributed by atoms with Gasteiger partial charge in [-0.05, 0) is 61.0 Å². The molecule has 0 fully saturated rings. The first-order chi connectivity index (χ1) is 31.2. The molecule has 0 aliphatic heterocycles. The van der Waals surface area contributed by atoms with Crippen LogP contribution in [0.4, 0.5) is 13.2 Å². The topological polar surface area (TPSA) is 233 Å². The van der Waals surface area contributed by atoms with Crippen molar-refractivity contribution < 1.29 is 51.5 Å². The van der Waals surface area contributed by atoms with E-state index in [0.717, 1.165) is 27.1 Å². The molecular weight excluding hydrogens is 873 g/mol. The molecule has 0 bridgehead atoms. The van der Waals surface area contributed by atoms with E-state index in [0.29, 0.717) is 51.2 Å². The molecule has 0 radical (unpaired) electrons. The first-order valence-corrected chi connectivity index (χ1v) is 20.0. The number of nitriles is 1. The van der Waals surface area contributed by atoms with Crippen LogP contribution in [0.3, 0.4) is 0 Å². The molecule has 8 aromatic rings. The number of alkyl halides is 3. The lowest BCUT2D eigenvalue weighted by atomic mass is 10.0. The Hall–Kier alpha value is -7.98. The fraction of sp³-hybridized carbons (Fsp3) is 0.200. The second-order valence-corrected chi connectivity index (χ2v) is 14.8. The number of benzene rings is 3. The highest BCUT2D eigenvalue weighted by molar-refractivity contribution is 6.32. The third kappa shape index (κ3) is 11.0. The van der Waals surface area contributed by atoms with Gasteiger partial charge in [-0.15, -0.1) is 0 Å². The smallest absolute Gasteiger partial charge is 0.422 e. The summed E-state index contributed by atoms with van der Waals surface area (Å²) in [7, 11) is 0. The molecule has 0 saturated carbocycles. The number of aliphatic carboxylic acids is 2. The Kier molecular flexibility index (Phi) is 13.6. The Morgan fingerprint density at radius 3 is 1.82 bits per heavy atom. The van der Waals surface area contributed by atoms with Crippen molar-refractivity contribution in [2.45, 2.75) is 51.8 Å². The van der Waals surface area contributed by atoms with Gasteiger partial charge in [-0.25, -0.2) is 4.98 Å². The van der Waals surface area contributed by atoms with Gasteiger partial charge in [-0.1, -0.05) is 58.3 Å². The molecule has 2 N–H and O–H groups in total. The summed E-state index contributed by atoms with van der Waals surface area (Å²) in [6.45, 7) is 2.27. The Morgan fingerprint density at radius 1 is 0.769 bits per heavy atom. The second kappa shape index (κ2) is 19.6. The second-order valence-electron chi connectivity index (χ2n) is 14.4. The number of halogens is 4. The molecule has 0 amide bonds. The number of carbonyl (C=O) groups is 2. The molecule has 3 aromatic carbocycles. The number of carboxylic acids is 2. The fourth-order valence-electron chi connectivity index (χ4n) is 6.56. The molecule has 0 aliphatic rings. The third-order valence-corrected chi connectivity index (χ3v) is 9.67. The van der Waals surface area contributed by atoms with Crippen molar-refractivity contribution in [3.05, 3.63) is 113 Å². The summed E-state index contributed by atoms with van der Waals surface area (Å²) in [6, 6.07) is 22.0. The first kappa shape index (κ1) is 45.1. The highest BCUT2D eigenvalue weighted by atomic mass is 35.5. The summed E-state index contributed by atoms with van der Waals surface area (Å²) >= 11 is 6.27. The van der Waals surface area contributed by atoms with Crippen molar-refractivity contribution in [3.8, 4) is 63.4 Å². The number of carboxylic acid groups (broad SMARTS) is 2. The number of ether oxygens (including phenoxy) is 2. The molecular formula is C45H34ClF3N8O8. The molecule has 65 heavy (non-hydrogen) atoms.